The Kier molecular flexibility index (Phi) is 4.85. The third-order valence-corrected chi connectivity index (χ3v) is 2.52. The summed E-state index contributed by atoms with van der Waals surface area (Å²) in [5, 5.41) is 0. The largest absolute Gasteiger partial charge is 0.467 e. The highest BCUT2D eigenvalue weighted by Crippen LogP contribution is 2.20. The van der Waals surface area contributed by atoms with Gasteiger partial charge in [-0.05, 0) is 36.9 Å². The van der Waals surface area contributed by atoms with Gasteiger partial charge in [0, 0.05) is 6.61 Å². The first-order chi connectivity index (χ1) is 7.14. The highest BCUT2D eigenvalue weighted by molar-refractivity contribution is 4.95. The minimum absolute atomic E-state index is 0.230. The van der Waals surface area contributed by atoms with Crippen LogP contribution in [-0.4, -0.2) is 13.2 Å². The molecule has 1 rings (SSSR count). The van der Waals surface area contributed by atoms with Gasteiger partial charge in [0.1, 0.15) is 12.4 Å². The Labute approximate surface area is 91.6 Å². The van der Waals surface area contributed by atoms with E-state index in [0.29, 0.717) is 6.61 Å². The van der Waals surface area contributed by atoms with Crippen molar-refractivity contribution in [1.82, 2.24) is 0 Å². The standard InChI is InChI=1S/C12H21NO2/c1-12(2,10-13)6-4-7-14-9-11-5-3-8-15-11/h3,5,8H,4,6-7,9-10,13H2,1-2H3. The van der Waals surface area contributed by atoms with Gasteiger partial charge < -0.3 is 14.9 Å². The smallest absolute Gasteiger partial charge is 0.129 e. The number of ether oxygens (including phenoxy) is 1. The predicted molar refractivity (Wildman–Crippen MR) is 60.4 cm³/mol. The Morgan fingerprint density at radius 2 is 2.27 bits per heavy atom. The van der Waals surface area contributed by atoms with Crippen LogP contribution in [0.2, 0.25) is 0 Å². The van der Waals surface area contributed by atoms with Crippen molar-refractivity contribution >= 4 is 0 Å². The molecule has 0 saturated carbocycles. The molecular weight excluding hydrogens is 190 g/mol. The Morgan fingerprint density at radius 1 is 1.47 bits per heavy atom. The van der Waals surface area contributed by atoms with Crippen LogP contribution in [0.4, 0.5) is 0 Å². The fourth-order valence-electron chi connectivity index (χ4n) is 1.32. The van der Waals surface area contributed by atoms with Crippen LogP contribution in [0.1, 0.15) is 32.4 Å². The molecule has 0 saturated heterocycles. The Hall–Kier alpha value is -0.800. The van der Waals surface area contributed by atoms with Crippen LogP contribution in [0.25, 0.3) is 0 Å². The van der Waals surface area contributed by atoms with E-state index < -0.39 is 0 Å². The molecule has 3 nitrogen and oxygen atoms in total. The molecule has 3 heteroatoms. The summed E-state index contributed by atoms with van der Waals surface area (Å²) in [6.07, 6.45) is 3.81. The van der Waals surface area contributed by atoms with Crippen molar-refractivity contribution in [3.8, 4) is 0 Å². The molecule has 0 spiro atoms. The molecule has 86 valence electrons. The SMILES string of the molecule is CC(C)(CN)CCCOCc1ccco1. The van der Waals surface area contributed by atoms with Crippen LogP contribution in [0, 0.1) is 5.41 Å². The van der Waals surface area contributed by atoms with Crippen molar-refractivity contribution in [2.24, 2.45) is 11.1 Å². The fourth-order valence-corrected chi connectivity index (χ4v) is 1.32. The second-order valence-electron chi connectivity index (χ2n) is 4.60. The molecule has 15 heavy (non-hydrogen) atoms. The van der Waals surface area contributed by atoms with Gasteiger partial charge >= 0.3 is 0 Å². The first kappa shape index (κ1) is 12.3. The molecule has 0 amide bonds. The molecule has 0 aliphatic carbocycles. The molecule has 2 N–H and O–H groups in total. The van der Waals surface area contributed by atoms with Crippen molar-refractivity contribution in [3.05, 3.63) is 24.2 Å². The third kappa shape index (κ3) is 5.00. The number of hydrogen-bond donors (Lipinski definition) is 1. The van der Waals surface area contributed by atoms with Gasteiger partial charge in [0.15, 0.2) is 0 Å². The molecule has 1 heterocycles. The summed E-state index contributed by atoms with van der Waals surface area (Å²) in [6, 6.07) is 3.79. The Bertz CT molecular complexity index is 255. The van der Waals surface area contributed by atoms with E-state index in [1.165, 1.54) is 0 Å². The third-order valence-electron chi connectivity index (χ3n) is 2.52. The highest BCUT2D eigenvalue weighted by Gasteiger charge is 2.14. The maximum Gasteiger partial charge on any atom is 0.129 e. The van der Waals surface area contributed by atoms with Gasteiger partial charge in [-0.1, -0.05) is 13.8 Å². The zero-order valence-corrected chi connectivity index (χ0v) is 9.66. The summed E-state index contributed by atoms with van der Waals surface area (Å²) in [6.45, 7) is 6.42. The lowest BCUT2D eigenvalue weighted by molar-refractivity contribution is 0.0959. The van der Waals surface area contributed by atoms with E-state index in [1.54, 1.807) is 6.26 Å². The molecule has 0 fully saturated rings. The van der Waals surface area contributed by atoms with Crippen LogP contribution in [0.15, 0.2) is 22.8 Å². The van der Waals surface area contributed by atoms with Crippen molar-refractivity contribution in [2.75, 3.05) is 13.2 Å². The molecule has 1 aromatic rings. The van der Waals surface area contributed by atoms with Gasteiger partial charge in [0.2, 0.25) is 0 Å². The van der Waals surface area contributed by atoms with E-state index in [2.05, 4.69) is 13.8 Å². The lowest BCUT2D eigenvalue weighted by atomic mass is 9.88. The van der Waals surface area contributed by atoms with Crippen LogP contribution in [-0.2, 0) is 11.3 Å². The molecule has 0 bridgehead atoms. The first-order valence-corrected chi connectivity index (χ1v) is 5.44. The van der Waals surface area contributed by atoms with Crippen LogP contribution >= 0.6 is 0 Å². The van der Waals surface area contributed by atoms with Crippen LogP contribution in [0.5, 0.6) is 0 Å². The number of furan rings is 1. The monoisotopic (exact) mass is 211 g/mol. The summed E-state index contributed by atoms with van der Waals surface area (Å²) >= 11 is 0. The molecule has 0 radical (unpaired) electrons. The zero-order chi connectivity index (χ0) is 11.1. The van der Waals surface area contributed by atoms with Crippen molar-refractivity contribution < 1.29 is 9.15 Å². The van der Waals surface area contributed by atoms with Gasteiger partial charge in [0.05, 0.1) is 6.26 Å². The first-order valence-electron chi connectivity index (χ1n) is 5.44. The Morgan fingerprint density at radius 3 is 2.87 bits per heavy atom. The molecule has 0 atom stereocenters. The molecule has 0 aromatic carbocycles. The van der Waals surface area contributed by atoms with E-state index in [4.69, 9.17) is 14.9 Å². The van der Waals surface area contributed by atoms with Crippen LogP contribution in [0.3, 0.4) is 0 Å². The number of rotatable bonds is 7. The zero-order valence-electron chi connectivity index (χ0n) is 9.66. The lowest BCUT2D eigenvalue weighted by Crippen LogP contribution is -2.23. The van der Waals surface area contributed by atoms with Gasteiger partial charge in [-0.25, -0.2) is 0 Å². The molecule has 0 aliphatic heterocycles. The van der Waals surface area contributed by atoms with E-state index >= 15 is 0 Å². The highest BCUT2D eigenvalue weighted by atomic mass is 16.5. The quantitative estimate of drug-likeness (QED) is 0.705. The molecule has 0 aliphatic rings. The van der Waals surface area contributed by atoms with Gasteiger partial charge in [-0.2, -0.15) is 0 Å². The molecule has 0 unspecified atom stereocenters. The number of hydrogen-bond acceptors (Lipinski definition) is 3. The van der Waals surface area contributed by atoms with Gasteiger partial charge in [-0.15, -0.1) is 0 Å². The Balaban J connectivity index is 2.03. The maximum absolute atomic E-state index is 5.64. The number of nitrogens with two attached hydrogens (primary N) is 1. The fraction of sp³-hybridized carbons (Fsp3) is 0.667. The second-order valence-corrected chi connectivity index (χ2v) is 4.60. The normalized spacial score (nSPS) is 11.9. The van der Waals surface area contributed by atoms with Gasteiger partial charge in [0.25, 0.3) is 0 Å². The van der Waals surface area contributed by atoms with Crippen molar-refractivity contribution in [3.63, 3.8) is 0 Å². The minimum atomic E-state index is 0.230. The van der Waals surface area contributed by atoms with E-state index in [9.17, 15) is 0 Å². The van der Waals surface area contributed by atoms with Crippen LogP contribution < -0.4 is 5.73 Å². The average Bonchev–Trinajstić information content (AvgIpc) is 2.70. The maximum atomic E-state index is 5.64. The topological polar surface area (TPSA) is 48.4 Å². The second kappa shape index (κ2) is 5.93. The van der Waals surface area contributed by atoms with Gasteiger partial charge in [-0.3, -0.25) is 0 Å². The minimum Gasteiger partial charge on any atom is -0.467 e. The lowest BCUT2D eigenvalue weighted by Gasteiger charge is -2.21. The van der Waals surface area contributed by atoms with E-state index in [1.807, 2.05) is 12.1 Å². The van der Waals surface area contributed by atoms with Crippen molar-refractivity contribution in [1.29, 1.82) is 0 Å². The van der Waals surface area contributed by atoms with E-state index in [-0.39, 0.29) is 5.41 Å². The average molecular weight is 211 g/mol. The molecular formula is C12H21NO2. The summed E-state index contributed by atoms with van der Waals surface area (Å²) in [5.41, 5.74) is 5.87. The molecule has 1 aromatic heterocycles. The van der Waals surface area contributed by atoms with Crippen molar-refractivity contribution in [2.45, 2.75) is 33.3 Å². The summed E-state index contributed by atoms with van der Waals surface area (Å²) in [7, 11) is 0. The summed E-state index contributed by atoms with van der Waals surface area (Å²) in [5.74, 6) is 0.882. The summed E-state index contributed by atoms with van der Waals surface area (Å²) in [4.78, 5) is 0. The summed E-state index contributed by atoms with van der Waals surface area (Å²) < 4.78 is 10.6. The predicted octanol–water partition coefficient (Wildman–Crippen LogP) is 2.56. The van der Waals surface area contributed by atoms with E-state index in [0.717, 1.165) is 31.8 Å².